The SMILES string of the molecule is O=C(ON1CC(Oc2ccc(Cl)cc2)C1)C(F)(F)F. The largest absolute Gasteiger partial charge is 0.492 e. The minimum atomic E-state index is -4.98. The van der Waals surface area contributed by atoms with Gasteiger partial charge in [0, 0.05) is 5.02 Å². The Morgan fingerprint density at radius 1 is 1.26 bits per heavy atom. The highest BCUT2D eigenvalue weighted by Crippen LogP contribution is 2.23. The molecule has 8 heteroatoms. The normalized spacial score (nSPS) is 16.8. The molecule has 0 atom stereocenters. The van der Waals surface area contributed by atoms with Gasteiger partial charge in [0.25, 0.3) is 0 Å². The Kier molecular flexibility index (Phi) is 3.86. The molecule has 1 aliphatic heterocycles. The molecule has 0 bridgehead atoms. The van der Waals surface area contributed by atoms with Gasteiger partial charge in [-0.15, -0.1) is 5.06 Å². The standard InChI is InChI=1S/C11H9ClF3NO3/c12-7-1-3-8(4-2-7)18-9-5-16(6-9)19-10(17)11(13,14)15/h1-4,9H,5-6H2. The van der Waals surface area contributed by atoms with Gasteiger partial charge in [0.15, 0.2) is 0 Å². The van der Waals surface area contributed by atoms with E-state index in [0.717, 1.165) is 5.06 Å². The van der Waals surface area contributed by atoms with E-state index in [-0.39, 0.29) is 19.2 Å². The van der Waals surface area contributed by atoms with Crippen LogP contribution >= 0.6 is 11.6 Å². The van der Waals surface area contributed by atoms with E-state index < -0.39 is 12.1 Å². The fourth-order valence-corrected chi connectivity index (χ4v) is 1.55. The molecule has 0 aliphatic carbocycles. The molecule has 0 aromatic heterocycles. The Labute approximate surface area is 111 Å². The predicted molar refractivity (Wildman–Crippen MR) is 59.6 cm³/mol. The van der Waals surface area contributed by atoms with E-state index in [9.17, 15) is 18.0 Å². The number of benzene rings is 1. The molecule has 1 aliphatic rings. The summed E-state index contributed by atoms with van der Waals surface area (Å²) >= 11 is 5.69. The van der Waals surface area contributed by atoms with Crippen molar-refractivity contribution < 1.29 is 27.5 Å². The quantitative estimate of drug-likeness (QED) is 0.858. The van der Waals surface area contributed by atoms with Crippen LogP contribution in [0.2, 0.25) is 5.02 Å². The van der Waals surface area contributed by atoms with Crippen LogP contribution in [0.5, 0.6) is 5.75 Å². The fourth-order valence-electron chi connectivity index (χ4n) is 1.42. The number of carbonyl (C=O) groups is 1. The van der Waals surface area contributed by atoms with Gasteiger partial charge in [-0.3, -0.25) is 0 Å². The van der Waals surface area contributed by atoms with Crippen molar-refractivity contribution in [3.05, 3.63) is 29.3 Å². The fraction of sp³-hybridized carbons (Fsp3) is 0.364. The van der Waals surface area contributed by atoms with Crippen LogP contribution in [0.3, 0.4) is 0 Å². The summed E-state index contributed by atoms with van der Waals surface area (Å²) in [6, 6.07) is 6.56. The average Bonchev–Trinajstić information content (AvgIpc) is 2.27. The Bertz CT molecular complexity index is 457. The monoisotopic (exact) mass is 295 g/mol. The molecule has 1 fully saturated rings. The molecule has 19 heavy (non-hydrogen) atoms. The van der Waals surface area contributed by atoms with E-state index >= 15 is 0 Å². The van der Waals surface area contributed by atoms with Gasteiger partial charge in [0.2, 0.25) is 0 Å². The van der Waals surface area contributed by atoms with Gasteiger partial charge in [-0.2, -0.15) is 13.2 Å². The topological polar surface area (TPSA) is 38.8 Å². The van der Waals surface area contributed by atoms with Crippen molar-refractivity contribution in [2.75, 3.05) is 13.1 Å². The molecule has 2 rings (SSSR count). The Morgan fingerprint density at radius 2 is 1.84 bits per heavy atom. The highest BCUT2D eigenvalue weighted by Gasteiger charge is 2.44. The zero-order chi connectivity index (χ0) is 14.0. The first-order chi connectivity index (χ1) is 8.84. The molecule has 1 aromatic rings. The third-order valence-corrected chi connectivity index (χ3v) is 2.63. The van der Waals surface area contributed by atoms with Crippen molar-refractivity contribution in [3.8, 4) is 5.75 Å². The van der Waals surface area contributed by atoms with Gasteiger partial charge in [0.1, 0.15) is 11.9 Å². The van der Waals surface area contributed by atoms with Gasteiger partial charge in [0.05, 0.1) is 13.1 Å². The lowest BCUT2D eigenvalue weighted by Gasteiger charge is -2.36. The van der Waals surface area contributed by atoms with Crippen molar-refractivity contribution in [2.24, 2.45) is 0 Å². The van der Waals surface area contributed by atoms with Gasteiger partial charge in [-0.05, 0) is 24.3 Å². The summed E-state index contributed by atoms with van der Waals surface area (Å²) in [5.41, 5.74) is 0. The highest BCUT2D eigenvalue weighted by molar-refractivity contribution is 6.30. The van der Waals surface area contributed by atoms with Crippen LogP contribution in [0.25, 0.3) is 0 Å². The summed E-state index contributed by atoms with van der Waals surface area (Å²) < 4.78 is 41.2. The lowest BCUT2D eigenvalue weighted by molar-refractivity contribution is -0.262. The van der Waals surface area contributed by atoms with E-state index in [2.05, 4.69) is 4.84 Å². The lowest BCUT2D eigenvalue weighted by Crippen LogP contribution is -2.55. The van der Waals surface area contributed by atoms with Crippen LogP contribution in [-0.4, -0.2) is 36.4 Å². The highest BCUT2D eigenvalue weighted by atomic mass is 35.5. The van der Waals surface area contributed by atoms with Crippen molar-refractivity contribution in [1.82, 2.24) is 5.06 Å². The average molecular weight is 296 g/mol. The molecule has 0 spiro atoms. The van der Waals surface area contributed by atoms with Gasteiger partial charge in [-0.25, -0.2) is 4.79 Å². The molecule has 0 saturated carbocycles. The molecule has 1 saturated heterocycles. The smallest absolute Gasteiger partial charge is 0.487 e. The number of halogens is 4. The van der Waals surface area contributed by atoms with Crippen LogP contribution in [0.1, 0.15) is 0 Å². The van der Waals surface area contributed by atoms with E-state index in [1.54, 1.807) is 24.3 Å². The second kappa shape index (κ2) is 5.26. The van der Waals surface area contributed by atoms with E-state index in [1.165, 1.54) is 0 Å². The summed E-state index contributed by atoms with van der Waals surface area (Å²) in [5, 5.41) is 1.46. The van der Waals surface area contributed by atoms with Crippen LogP contribution in [-0.2, 0) is 9.63 Å². The van der Waals surface area contributed by atoms with Crippen LogP contribution < -0.4 is 4.74 Å². The number of alkyl halides is 3. The second-order valence-electron chi connectivity index (χ2n) is 3.92. The molecule has 0 unspecified atom stereocenters. The summed E-state index contributed by atoms with van der Waals surface area (Å²) in [5.74, 6) is -1.67. The van der Waals surface area contributed by atoms with Crippen molar-refractivity contribution in [3.63, 3.8) is 0 Å². The van der Waals surface area contributed by atoms with E-state index in [1.807, 2.05) is 0 Å². The Hall–Kier alpha value is -1.47. The first-order valence-corrected chi connectivity index (χ1v) is 5.68. The molecule has 1 aromatic carbocycles. The summed E-state index contributed by atoms with van der Waals surface area (Å²) in [4.78, 5) is 14.6. The zero-order valence-electron chi connectivity index (χ0n) is 9.48. The zero-order valence-corrected chi connectivity index (χ0v) is 10.2. The molecule has 1 heterocycles. The van der Waals surface area contributed by atoms with Gasteiger partial charge >= 0.3 is 12.1 Å². The van der Waals surface area contributed by atoms with E-state index in [0.29, 0.717) is 10.8 Å². The number of hydrogen-bond donors (Lipinski definition) is 0. The maximum Gasteiger partial charge on any atom is 0.492 e. The van der Waals surface area contributed by atoms with Crippen molar-refractivity contribution >= 4 is 17.6 Å². The maximum absolute atomic E-state index is 11.9. The molecular weight excluding hydrogens is 287 g/mol. The number of ether oxygens (including phenoxy) is 1. The number of hydroxylamine groups is 2. The molecule has 0 amide bonds. The Morgan fingerprint density at radius 3 is 2.37 bits per heavy atom. The summed E-state index contributed by atoms with van der Waals surface area (Å²) in [7, 11) is 0. The molecule has 0 N–H and O–H groups in total. The molecule has 0 radical (unpaired) electrons. The number of nitrogens with zero attached hydrogens (tertiary/aromatic N) is 1. The number of hydrogen-bond acceptors (Lipinski definition) is 4. The van der Waals surface area contributed by atoms with Crippen LogP contribution in [0.15, 0.2) is 24.3 Å². The summed E-state index contributed by atoms with van der Waals surface area (Å²) in [6.45, 7) is 0.175. The molecular formula is C11H9ClF3NO3. The molecule has 104 valence electrons. The van der Waals surface area contributed by atoms with Crippen LogP contribution in [0.4, 0.5) is 13.2 Å². The van der Waals surface area contributed by atoms with Crippen molar-refractivity contribution in [2.45, 2.75) is 12.3 Å². The summed E-state index contributed by atoms with van der Waals surface area (Å²) in [6.07, 6.45) is -5.30. The van der Waals surface area contributed by atoms with Gasteiger partial charge in [-0.1, -0.05) is 11.6 Å². The molecule has 4 nitrogen and oxygen atoms in total. The second-order valence-corrected chi connectivity index (χ2v) is 4.35. The van der Waals surface area contributed by atoms with E-state index in [4.69, 9.17) is 16.3 Å². The first-order valence-electron chi connectivity index (χ1n) is 5.31. The maximum atomic E-state index is 11.9. The minimum absolute atomic E-state index is 0.0877. The predicted octanol–water partition coefficient (Wildman–Crippen LogP) is 2.42. The number of carbonyl (C=O) groups excluding carboxylic acids is 1. The van der Waals surface area contributed by atoms with Crippen molar-refractivity contribution in [1.29, 1.82) is 0 Å². The third-order valence-electron chi connectivity index (χ3n) is 2.37. The Balaban J connectivity index is 1.75. The first kappa shape index (κ1) is 14.0. The van der Waals surface area contributed by atoms with Crippen LogP contribution in [0, 0.1) is 0 Å². The number of rotatable bonds is 3. The minimum Gasteiger partial charge on any atom is -0.487 e. The lowest BCUT2D eigenvalue weighted by atomic mass is 10.2. The third kappa shape index (κ3) is 3.74. The van der Waals surface area contributed by atoms with Gasteiger partial charge < -0.3 is 9.57 Å².